The highest BCUT2D eigenvalue weighted by Crippen LogP contribution is 2.20. The summed E-state index contributed by atoms with van der Waals surface area (Å²) in [5, 5.41) is 4.76. The van der Waals surface area contributed by atoms with Crippen LogP contribution in [0.15, 0.2) is 24.5 Å². The summed E-state index contributed by atoms with van der Waals surface area (Å²) in [6.45, 7) is 6.09. The second-order valence-corrected chi connectivity index (χ2v) is 8.57. The van der Waals surface area contributed by atoms with Crippen molar-refractivity contribution in [2.24, 2.45) is 0 Å². The predicted octanol–water partition coefficient (Wildman–Crippen LogP) is 1.88. The maximum absolute atomic E-state index is 12.8. The number of aromatic nitrogens is 3. The van der Waals surface area contributed by atoms with E-state index in [9.17, 15) is 4.79 Å². The molecule has 0 aromatic carbocycles. The van der Waals surface area contributed by atoms with Crippen LogP contribution < -0.4 is 0 Å². The number of piperidine rings is 1. The van der Waals surface area contributed by atoms with Crippen LogP contribution in [-0.2, 0) is 17.8 Å². The Hall–Kier alpha value is -2.25. The molecule has 0 aliphatic carbocycles. The first kappa shape index (κ1) is 20.0. The molecule has 156 valence electrons. The van der Waals surface area contributed by atoms with E-state index >= 15 is 0 Å². The fraction of sp³-hybridized carbons (Fsp3) is 0.591. The minimum atomic E-state index is 0.213. The lowest BCUT2D eigenvalue weighted by Gasteiger charge is -2.36. The molecule has 1 fully saturated rings. The molecule has 0 radical (unpaired) electrons. The van der Waals surface area contributed by atoms with Gasteiger partial charge in [0.2, 0.25) is 5.91 Å². The molecule has 0 bridgehead atoms. The zero-order chi connectivity index (χ0) is 20.4. The van der Waals surface area contributed by atoms with Crippen molar-refractivity contribution >= 4 is 5.91 Å². The lowest BCUT2D eigenvalue weighted by molar-refractivity contribution is -0.132. The van der Waals surface area contributed by atoms with Gasteiger partial charge in [-0.25, -0.2) is 4.68 Å². The molecule has 2 aromatic heterocycles. The van der Waals surface area contributed by atoms with Crippen molar-refractivity contribution in [1.82, 2.24) is 29.5 Å². The van der Waals surface area contributed by atoms with Gasteiger partial charge >= 0.3 is 0 Å². The van der Waals surface area contributed by atoms with Crippen LogP contribution >= 0.6 is 0 Å². The molecule has 29 heavy (non-hydrogen) atoms. The van der Waals surface area contributed by atoms with Crippen LogP contribution in [0.25, 0.3) is 5.69 Å². The van der Waals surface area contributed by atoms with Crippen molar-refractivity contribution in [1.29, 1.82) is 0 Å². The fourth-order valence-electron chi connectivity index (χ4n) is 4.42. The quantitative estimate of drug-likeness (QED) is 0.772. The number of likely N-dealkylation sites (tertiary alicyclic amines) is 1. The van der Waals surface area contributed by atoms with Gasteiger partial charge in [-0.05, 0) is 45.5 Å². The Kier molecular flexibility index (Phi) is 5.96. The van der Waals surface area contributed by atoms with Gasteiger partial charge in [-0.2, -0.15) is 5.10 Å². The Balaban J connectivity index is 1.35. The van der Waals surface area contributed by atoms with Gasteiger partial charge < -0.3 is 9.80 Å². The van der Waals surface area contributed by atoms with Gasteiger partial charge in [0.05, 0.1) is 17.9 Å². The molecule has 1 unspecified atom stereocenters. The number of carbonyl (C=O) groups is 1. The molecule has 2 aliphatic heterocycles. The van der Waals surface area contributed by atoms with Crippen molar-refractivity contribution in [3.8, 4) is 5.69 Å². The molecule has 0 spiro atoms. The first-order valence-electron chi connectivity index (χ1n) is 10.7. The molecule has 7 heteroatoms. The third kappa shape index (κ3) is 4.67. The number of aryl methyl sites for hydroxylation is 1. The Morgan fingerprint density at radius 3 is 2.97 bits per heavy atom. The molecule has 0 N–H and O–H groups in total. The Labute approximate surface area is 173 Å². The average molecular weight is 397 g/mol. The van der Waals surface area contributed by atoms with Crippen molar-refractivity contribution in [3.05, 3.63) is 41.5 Å². The number of fused-ring (bicyclic) bond motifs is 1. The molecular formula is C22H32N6O. The van der Waals surface area contributed by atoms with E-state index in [1.54, 1.807) is 0 Å². The third-order valence-electron chi connectivity index (χ3n) is 6.27. The number of rotatable bonds is 5. The van der Waals surface area contributed by atoms with Gasteiger partial charge in [0, 0.05) is 62.8 Å². The Morgan fingerprint density at radius 1 is 1.31 bits per heavy atom. The van der Waals surface area contributed by atoms with Crippen LogP contribution in [0.1, 0.15) is 36.2 Å². The van der Waals surface area contributed by atoms with Crippen LogP contribution in [0.5, 0.6) is 0 Å². The highest BCUT2D eigenvalue weighted by molar-refractivity contribution is 5.78. The number of hydrogen-bond donors (Lipinski definition) is 0. The summed E-state index contributed by atoms with van der Waals surface area (Å²) < 4.78 is 1.94. The highest BCUT2D eigenvalue weighted by atomic mass is 16.2. The summed E-state index contributed by atoms with van der Waals surface area (Å²) in [5.41, 5.74) is 4.37. The lowest BCUT2D eigenvalue weighted by Crippen LogP contribution is -2.47. The van der Waals surface area contributed by atoms with E-state index in [4.69, 9.17) is 5.10 Å². The molecule has 2 aromatic rings. The standard InChI is InChI=1S/C22H32N6O/c1-17-12-19(7-9-23-17)28-14-18-13-27(11-8-21(18)24-28)16-22(29)26(3)15-20-6-4-5-10-25(20)2/h7,9,12,14,20H,4-6,8,10-11,13,15-16H2,1-3H3. The summed E-state index contributed by atoms with van der Waals surface area (Å²) in [7, 11) is 4.13. The summed E-state index contributed by atoms with van der Waals surface area (Å²) in [4.78, 5) is 23.6. The number of nitrogens with zero attached hydrogens (tertiary/aromatic N) is 6. The van der Waals surface area contributed by atoms with E-state index in [1.165, 1.54) is 24.8 Å². The molecule has 0 saturated carbocycles. The Bertz CT molecular complexity index is 863. The van der Waals surface area contributed by atoms with E-state index < -0.39 is 0 Å². The maximum atomic E-state index is 12.8. The average Bonchev–Trinajstić information content (AvgIpc) is 3.13. The molecule has 1 amide bonds. The normalized spacial score (nSPS) is 20.4. The summed E-state index contributed by atoms with van der Waals surface area (Å²) in [6.07, 6.45) is 8.53. The van der Waals surface area contributed by atoms with Crippen molar-refractivity contribution < 1.29 is 4.79 Å². The molecule has 1 atom stereocenters. The molecule has 1 saturated heterocycles. The van der Waals surface area contributed by atoms with E-state index in [-0.39, 0.29) is 5.91 Å². The van der Waals surface area contributed by atoms with E-state index in [1.807, 2.05) is 41.9 Å². The molecular weight excluding hydrogens is 364 g/mol. The topological polar surface area (TPSA) is 57.5 Å². The minimum absolute atomic E-state index is 0.213. The summed E-state index contributed by atoms with van der Waals surface area (Å²) in [5.74, 6) is 0.213. The number of pyridine rings is 1. The highest BCUT2D eigenvalue weighted by Gasteiger charge is 2.25. The van der Waals surface area contributed by atoms with E-state index in [2.05, 4.69) is 28.0 Å². The van der Waals surface area contributed by atoms with Gasteiger partial charge in [0.15, 0.2) is 0 Å². The van der Waals surface area contributed by atoms with Crippen LogP contribution in [0.3, 0.4) is 0 Å². The SMILES string of the molecule is Cc1cc(-n2cc3c(n2)CCN(CC(=O)N(C)CC2CCCCN2C)C3)ccn1. The second kappa shape index (κ2) is 8.63. The number of amides is 1. The molecule has 2 aliphatic rings. The second-order valence-electron chi connectivity index (χ2n) is 8.57. The lowest BCUT2D eigenvalue weighted by atomic mass is 10.0. The van der Waals surface area contributed by atoms with Crippen LogP contribution in [0, 0.1) is 6.92 Å². The first-order chi connectivity index (χ1) is 14.0. The fourth-order valence-corrected chi connectivity index (χ4v) is 4.42. The van der Waals surface area contributed by atoms with Gasteiger partial charge in [0.1, 0.15) is 0 Å². The van der Waals surface area contributed by atoms with Gasteiger partial charge in [0.25, 0.3) is 0 Å². The molecule has 7 nitrogen and oxygen atoms in total. The van der Waals surface area contributed by atoms with E-state index in [0.717, 1.165) is 49.7 Å². The largest absolute Gasteiger partial charge is 0.343 e. The Morgan fingerprint density at radius 2 is 2.17 bits per heavy atom. The number of carbonyl (C=O) groups excluding carboxylic acids is 1. The van der Waals surface area contributed by atoms with Crippen LogP contribution in [-0.4, -0.2) is 81.7 Å². The number of likely N-dealkylation sites (N-methyl/N-ethyl adjacent to an activating group) is 2. The number of hydrogen-bond acceptors (Lipinski definition) is 5. The zero-order valence-corrected chi connectivity index (χ0v) is 17.8. The summed E-state index contributed by atoms with van der Waals surface area (Å²) in [6, 6.07) is 4.51. The summed E-state index contributed by atoms with van der Waals surface area (Å²) >= 11 is 0. The smallest absolute Gasteiger partial charge is 0.236 e. The van der Waals surface area contributed by atoms with Gasteiger partial charge in [-0.15, -0.1) is 0 Å². The third-order valence-corrected chi connectivity index (χ3v) is 6.27. The monoisotopic (exact) mass is 396 g/mol. The predicted molar refractivity (Wildman–Crippen MR) is 113 cm³/mol. The van der Waals surface area contributed by atoms with E-state index in [0.29, 0.717) is 12.6 Å². The minimum Gasteiger partial charge on any atom is -0.343 e. The first-order valence-corrected chi connectivity index (χ1v) is 10.7. The van der Waals surface area contributed by atoms with Crippen molar-refractivity contribution in [2.45, 2.75) is 45.2 Å². The maximum Gasteiger partial charge on any atom is 0.236 e. The van der Waals surface area contributed by atoms with Gasteiger partial charge in [-0.1, -0.05) is 6.42 Å². The van der Waals surface area contributed by atoms with Gasteiger partial charge in [-0.3, -0.25) is 14.7 Å². The molecule has 4 heterocycles. The zero-order valence-electron chi connectivity index (χ0n) is 17.8. The van der Waals surface area contributed by atoms with Crippen molar-refractivity contribution in [2.75, 3.05) is 40.3 Å². The van der Waals surface area contributed by atoms with Crippen LogP contribution in [0.2, 0.25) is 0 Å². The van der Waals surface area contributed by atoms with Crippen molar-refractivity contribution in [3.63, 3.8) is 0 Å². The molecule has 4 rings (SSSR count). The van der Waals surface area contributed by atoms with Crippen LogP contribution in [0.4, 0.5) is 0 Å².